The summed E-state index contributed by atoms with van der Waals surface area (Å²) < 4.78 is 5.61. The summed E-state index contributed by atoms with van der Waals surface area (Å²) in [5, 5.41) is 9.95. The van der Waals surface area contributed by atoms with Crippen molar-refractivity contribution in [3.05, 3.63) is 41.5 Å². The van der Waals surface area contributed by atoms with Gasteiger partial charge in [-0.25, -0.2) is 0 Å². The second kappa shape index (κ2) is 4.34. The van der Waals surface area contributed by atoms with Gasteiger partial charge in [-0.3, -0.25) is 4.90 Å². The molecule has 3 aliphatic rings. The molecule has 3 nitrogen and oxygen atoms in total. The van der Waals surface area contributed by atoms with Crippen molar-refractivity contribution in [1.82, 2.24) is 4.90 Å². The maximum absolute atomic E-state index is 9.95. The van der Waals surface area contributed by atoms with Crippen molar-refractivity contribution in [3.63, 3.8) is 0 Å². The molecule has 3 unspecified atom stereocenters. The molecule has 1 saturated heterocycles. The van der Waals surface area contributed by atoms with Crippen LogP contribution in [0.15, 0.2) is 30.4 Å². The summed E-state index contributed by atoms with van der Waals surface area (Å²) in [5.41, 5.74) is 2.77. The molecule has 1 aromatic carbocycles. The van der Waals surface area contributed by atoms with E-state index >= 15 is 0 Å². The molecule has 3 atom stereocenters. The molecule has 20 heavy (non-hydrogen) atoms. The van der Waals surface area contributed by atoms with E-state index in [1.54, 1.807) is 7.11 Å². The standard InChI is InChI=1S/C17H21NO2/c1-20-15-5-3-13-7-9-18-8-6-12-2-4-14(19)10-16(12)17(13,18)11-15/h2-5,10,13,15,19H,6-9,11H2,1H3. The van der Waals surface area contributed by atoms with Gasteiger partial charge in [0.25, 0.3) is 0 Å². The van der Waals surface area contributed by atoms with Gasteiger partial charge in [0.15, 0.2) is 0 Å². The van der Waals surface area contributed by atoms with Crippen LogP contribution in [0.4, 0.5) is 0 Å². The Morgan fingerprint density at radius 1 is 1.30 bits per heavy atom. The van der Waals surface area contributed by atoms with Gasteiger partial charge in [-0.2, -0.15) is 0 Å². The second-order valence-electron chi connectivity index (χ2n) is 6.26. The first-order chi connectivity index (χ1) is 9.74. The van der Waals surface area contributed by atoms with Gasteiger partial charge in [-0.1, -0.05) is 18.2 Å². The van der Waals surface area contributed by atoms with Crippen molar-refractivity contribution in [3.8, 4) is 5.75 Å². The average Bonchev–Trinajstić information content (AvgIpc) is 2.86. The monoisotopic (exact) mass is 271 g/mol. The minimum Gasteiger partial charge on any atom is -0.508 e. The van der Waals surface area contributed by atoms with Gasteiger partial charge in [0.1, 0.15) is 5.75 Å². The highest BCUT2D eigenvalue weighted by Gasteiger charge is 2.53. The predicted molar refractivity (Wildman–Crippen MR) is 77.7 cm³/mol. The summed E-state index contributed by atoms with van der Waals surface area (Å²) >= 11 is 0. The molecule has 0 bridgehead atoms. The van der Waals surface area contributed by atoms with Gasteiger partial charge in [0.05, 0.1) is 11.6 Å². The lowest BCUT2D eigenvalue weighted by Gasteiger charge is -2.49. The van der Waals surface area contributed by atoms with E-state index in [0.717, 1.165) is 25.9 Å². The maximum atomic E-state index is 9.95. The van der Waals surface area contributed by atoms with Crippen molar-refractivity contribution in [2.45, 2.75) is 30.9 Å². The Balaban J connectivity index is 1.90. The maximum Gasteiger partial charge on any atom is 0.115 e. The van der Waals surface area contributed by atoms with E-state index in [2.05, 4.69) is 23.1 Å². The Bertz CT molecular complexity index is 568. The number of hydrogen-bond donors (Lipinski definition) is 1. The fraction of sp³-hybridized carbons (Fsp3) is 0.529. The lowest BCUT2D eigenvalue weighted by Crippen LogP contribution is -2.52. The van der Waals surface area contributed by atoms with E-state index in [-0.39, 0.29) is 11.6 Å². The molecule has 1 fully saturated rings. The van der Waals surface area contributed by atoms with Crippen LogP contribution in [0.5, 0.6) is 5.75 Å². The van der Waals surface area contributed by atoms with Crippen LogP contribution in [0.25, 0.3) is 0 Å². The number of fused-ring (bicyclic) bond motifs is 1. The van der Waals surface area contributed by atoms with E-state index in [1.165, 1.54) is 17.5 Å². The zero-order valence-electron chi connectivity index (χ0n) is 11.9. The molecule has 4 rings (SSSR count). The molecule has 2 aliphatic heterocycles. The molecule has 2 heterocycles. The van der Waals surface area contributed by atoms with Crippen LogP contribution >= 0.6 is 0 Å². The molecule has 0 radical (unpaired) electrons. The van der Waals surface area contributed by atoms with Gasteiger partial charge >= 0.3 is 0 Å². The van der Waals surface area contributed by atoms with Crippen LogP contribution in [-0.2, 0) is 16.7 Å². The molecule has 3 heteroatoms. The van der Waals surface area contributed by atoms with E-state index < -0.39 is 0 Å². The van der Waals surface area contributed by atoms with Crippen molar-refractivity contribution in [2.75, 3.05) is 20.2 Å². The zero-order chi connectivity index (χ0) is 13.7. The molecule has 1 aromatic rings. The minimum atomic E-state index is 0.0434. The topological polar surface area (TPSA) is 32.7 Å². The van der Waals surface area contributed by atoms with Gasteiger partial charge in [0.2, 0.25) is 0 Å². The van der Waals surface area contributed by atoms with Crippen LogP contribution in [0.1, 0.15) is 24.0 Å². The smallest absolute Gasteiger partial charge is 0.115 e. The Kier molecular flexibility index (Phi) is 2.69. The minimum absolute atomic E-state index is 0.0434. The average molecular weight is 271 g/mol. The molecule has 106 valence electrons. The summed E-state index contributed by atoms with van der Waals surface area (Å²) in [6.07, 6.45) is 8.04. The first-order valence-corrected chi connectivity index (χ1v) is 7.52. The van der Waals surface area contributed by atoms with Crippen molar-refractivity contribution in [1.29, 1.82) is 0 Å². The van der Waals surface area contributed by atoms with Gasteiger partial charge in [0, 0.05) is 26.0 Å². The van der Waals surface area contributed by atoms with Gasteiger partial charge in [-0.05, 0) is 42.6 Å². The summed E-state index contributed by atoms with van der Waals surface area (Å²) in [4.78, 5) is 2.62. The third kappa shape index (κ3) is 1.54. The highest BCUT2D eigenvalue weighted by Crippen LogP contribution is 2.53. The van der Waals surface area contributed by atoms with Gasteiger partial charge < -0.3 is 9.84 Å². The van der Waals surface area contributed by atoms with E-state index in [9.17, 15) is 5.11 Å². The van der Waals surface area contributed by atoms with E-state index in [0.29, 0.717) is 11.7 Å². The van der Waals surface area contributed by atoms with Crippen LogP contribution in [0.3, 0.4) is 0 Å². The fourth-order valence-corrected chi connectivity index (χ4v) is 4.53. The molecule has 1 N–H and O–H groups in total. The third-order valence-corrected chi connectivity index (χ3v) is 5.47. The Labute approximate surface area is 119 Å². The lowest BCUT2D eigenvalue weighted by molar-refractivity contribution is 0.0204. The fourth-order valence-electron chi connectivity index (χ4n) is 4.53. The largest absolute Gasteiger partial charge is 0.508 e. The SMILES string of the molecule is COC1C=CC2CCN3CCc4ccc(O)cc4C23C1. The molecule has 1 aliphatic carbocycles. The Morgan fingerprint density at radius 2 is 2.20 bits per heavy atom. The molecule has 0 saturated carbocycles. The van der Waals surface area contributed by atoms with Crippen molar-refractivity contribution >= 4 is 0 Å². The van der Waals surface area contributed by atoms with Crippen LogP contribution in [0.2, 0.25) is 0 Å². The first-order valence-electron chi connectivity index (χ1n) is 7.52. The van der Waals surface area contributed by atoms with Crippen LogP contribution in [0, 0.1) is 5.92 Å². The van der Waals surface area contributed by atoms with Crippen molar-refractivity contribution in [2.24, 2.45) is 5.92 Å². The van der Waals surface area contributed by atoms with Crippen LogP contribution in [-0.4, -0.2) is 36.3 Å². The number of nitrogens with zero attached hydrogens (tertiary/aromatic N) is 1. The number of ether oxygens (including phenoxy) is 1. The summed E-state index contributed by atoms with van der Waals surface area (Å²) in [7, 11) is 1.79. The lowest BCUT2D eigenvalue weighted by atomic mass is 9.68. The summed E-state index contributed by atoms with van der Waals surface area (Å²) in [6, 6.07) is 5.92. The summed E-state index contributed by atoms with van der Waals surface area (Å²) in [6.45, 7) is 2.28. The molecule has 1 spiro atoms. The number of phenolic OH excluding ortho intramolecular Hbond substituents is 1. The summed E-state index contributed by atoms with van der Waals surface area (Å²) in [5.74, 6) is 0.934. The highest BCUT2D eigenvalue weighted by molar-refractivity contribution is 5.45. The quantitative estimate of drug-likeness (QED) is 0.796. The number of aromatic hydroxyl groups is 1. The van der Waals surface area contributed by atoms with E-state index in [1.807, 2.05) is 12.1 Å². The first kappa shape index (κ1) is 12.4. The van der Waals surface area contributed by atoms with Gasteiger partial charge in [-0.15, -0.1) is 0 Å². The van der Waals surface area contributed by atoms with Crippen molar-refractivity contribution < 1.29 is 9.84 Å². The third-order valence-electron chi connectivity index (χ3n) is 5.47. The molecular weight excluding hydrogens is 250 g/mol. The zero-order valence-corrected chi connectivity index (χ0v) is 11.9. The number of methoxy groups -OCH3 is 1. The normalized spacial score (nSPS) is 35.5. The molecule has 0 amide bonds. The highest BCUT2D eigenvalue weighted by atomic mass is 16.5. The Hall–Kier alpha value is -1.32. The van der Waals surface area contributed by atoms with E-state index in [4.69, 9.17) is 4.74 Å². The number of benzene rings is 1. The molecular formula is C17H21NO2. The molecule has 0 aromatic heterocycles. The Morgan fingerprint density at radius 3 is 3.05 bits per heavy atom. The second-order valence-corrected chi connectivity index (χ2v) is 6.26. The number of hydrogen-bond acceptors (Lipinski definition) is 3. The van der Waals surface area contributed by atoms with Crippen LogP contribution < -0.4 is 0 Å². The number of phenols is 1. The predicted octanol–water partition coefficient (Wildman–Crippen LogP) is 2.44. The number of rotatable bonds is 1.